The third-order valence-corrected chi connectivity index (χ3v) is 3.06. The van der Waals surface area contributed by atoms with Gasteiger partial charge < -0.3 is 4.74 Å². The highest BCUT2D eigenvalue weighted by atomic mass is 35.5. The van der Waals surface area contributed by atoms with E-state index >= 15 is 0 Å². The predicted molar refractivity (Wildman–Crippen MR) is 78.2 cm³/mol. The van der Waals surface area contributed by atoms with Gasteiger partial charge in [0, 0.05) is 18.3 Å². The highest BCUT2D eigenvalue weighted by molar-refractivity contribution is 6.33. The summed E-state index contributed by atoms with van der Waals surface area (Å²) in [7, 11) is 0. The van der Waals surface area contributed by atoms with Crippen molar-refractivity contribution < 1.29 is 9.53 Å². The average Bonchev–Trinajstić information content (AvgIpc) is 2.91. The van der Waals surface area contributed by atoms with Gasteiger partial charge in [0.2, 0.25) is 0 Å². The second-order valence-corrected chi connectivity index (χ2v) is 5.43. The maximum atomic E-state index is 12.2. The standard InChI is InChI=1S/C14H17ClN4O2/c1-9(2)13-16-7-11(15)12(18-13)14(20)21-10(3)8-19-6-4-5-17-19/h4-7,9-10H,8H2,1-3H3/t10-/m0/s1. The van der Waals surface area contributed by atoms with Crippen molar-refractivity contribution in [3.8, 4) is 0 Å². The first-order chi connectivity index (χ1) is 9.97. The number of esters is 1. The summed E-state index contributed by atoms with van der Waals surface area (Å²) >= 11 is 5.98. The Balaban J connectivity index is 2.07. The molecule has 0 unspecified atom stereocenters. The summed E-state index contributed by atoms with van der Waals surface area (Å²) in [5.41, 5.74) is 0.0997. The van der Waals surface area contributed by atoms with Crippen LogP contribution in [0, 0.1) is 0 Å². The fourth-order valence-electron chi connectivity index (χ4n) is 1.75. The Morgan fingerprint density at radius 3 is 2.81 bits per heavy atom. The van der Waals surface area contributed by atoms with Crippen LogP contribution in [0.15, 0.2) is 24.7 Å². The molecule has 1 atom stereocenters. The lowest BCUT2D eigenvalue weighted by Crippen LogP contribution is -2.22. The van der Waals surface area contributed by atoms with Gasteiger partial charge >= 0.3 is 5.97 Å². The van der Waals surface area contributed by atoms with E-state index in [0.29, 0.717) is 12.4 Å². The first kappa shape index (κ1) is 15.4. The topological polar surface area (TPSA) is 69.9 Å². The Hall–Kier alpha value is -1.95. The van der Waals surface area contributed by atoms with Crippen molar-refractivity contribution in [1.29, 1.82) is 0 Å². The Kier molecular flexibility index (Phi) is 4.90. The molecule has 2 aromatic rings. The molecule has 0 aromatic carbocycles. The van der Waals surface area contributed by atoms with Crippen LogP contribution in [-0.4, -0.2) is 31.8 Å². The smallest absolute Gasteiger partial charge is 0.358 e. The molecule has 0 radical (unpaired) electrons. The number of hydrogen-bond donors (Lipinski definition) is 0. The molecule has 0 amide bonds. The first-order valence-corrected chi connectivity index (χ1v) is 7.06. The largest absolute Gasteiger partial charge is 0.456 e. The normalized spacial score (nSPS) is 12.4. The number of nitrogens with zero attached hydrogens (tertiary/aromatic N) is 4. The molecule has 0 saturated carbocycles. The van der Waals surface area contributed by atoms with Gasteiger partial charge in [0.1, 0.15) is 11.9 Å². The highest BCUT2D eigenvalue weighted by Gasteiger charge is 2.19. The van der Waals surface area contributed by atoms with Crippen LogP contribution in [-0.2, 0) is 11.3 Å². The molecule has 6 nitrogen and oxygen atoms in total. The fourth-order valence-corrected chi connectivity index (χ4v) is 1.92. The number of halogens is 1. The van der Waals surface area contributed by atoms with Gasteiger partial charge in [-0.3, -0.25) is 4.68 Å². The molecule has 0 aliphatic heterocycles. The molecule has 112 valence electrons. The molecule has 0 saturated heterocycles. The van der Waals surface area contributed by atoms with E-state index in [9.17, 15) is 4.79 Å². The number of aromatic nitrogens is 4. The minimum atomic E-state index is -0.552. The molecule has 0 N–H and O–H groups in total. The quantitative estimate of drug-likeness (QED) is 0.794. The lowest BCUT2D eigenvalue weighted by atomic mass is 10.2. The van der Waals surface area contributed by atoms with Gasteiger partial charge in [-0.25, -0.2) is 14.8 Å². The third kappa shape index (κ3) is 4.01. The van der Waals surface area contributed by atoms with Crippen molar-refractivity contribution in [2.45, 2.75) is 39.3 Å². The second kappa shape index (κ2) is 6.67. The maximum Gasteiger partial charge on any atom is 0.358 e. The molecule has 0 spiro atoms. The Morgan fingerprint density at radius 2 is 2.19 bits per heavy atom. The van der Waals surface area contributed by atoms with Crippen LogP contribution in [0.1, 0.15) is 43.0 Å². The molecule has 0 aliphatic carbocycles. The summed E-state index contributed by atoms with van der Waals surface area (Å²) in [5, 5.41) is 4.26. The van der Waals surface area contributed by atoms with Gasteiger partial charge in [-0.1, -0.05) is 25.4 Å². The monoisotopic (exact) mass is 308 g/mol. The molecule has 2 rings (SSSR count). The maximum absolute atomic E-state index is 12.2. The van der Waals surface area contributed by atoms with E-state index in [1.54, 1.807) is 24.0 Å². The van der Waals surface area contributed by atoms with E-state index in [-0.39, 0.29) is 22.7 Å². The molecular formula is C14H17ClN4O2. The van der Waals surface area contributed by atoms with E-state index in [4.69, 9.17) is 16.3 Å². The summed E-state index contributed by atoms with van der Waals surface area (Å²) in [4.78, 5) is 20.4. The van der Waals surface area contributed by atoms with Gasteiger partial charge in [-0.2, -0.15) is 5.10 Å². The van der Waals surface area contributed by atoms with Crippen molar-refractivity contribution in [2.24, 2.45) is 0 Å². The number of hydrogen-bond acceptors (Lipinski definition) is 5. The van der Waals surface area contributed by atoms with E-state index in [1.807, 2.05) is 19.9 Å². The molecule has 2 heterocycles. The van der Waals surface area contributed by atoms with Gasteiger partial charge in [0.05, 0.1) is 17.8 Å². The molecule has 7 heteroatoms. The van der Waals surface area contributed by atoms with Gasteiger partial charge in [0.25, 0.3) is 0 Å². The Labute approximate surface area is 128 Å². The van der Waals surface area contributed by atoms with Gasteiger partial charge in [-0.15, -0.1) is 0 Å². The van der Waals surface area contributed by atoms with Crippen LogP contribution in [0.3, 0.4) is 0 Å². The lowest BCUT2D eigenvalue weighted by Gasteiger charge is -2.14. The minimum Gasteiger partial charge on any atom is -0.456 e. The highest BCUT2D eigenvalue weighted by Crippen LogP contribution is 2.17. The van der Waals surface area contributed by atoms with Gasteiger partial charge in [-0.05, 0) is 13.0 Å². The lowest BCUT2D eigenvalue weighted by molar-refractivity contribution is 0.0291. The van der Waals surface area contributed by atoms with Crippen molar-refractivity contribution >= 4 is 17.6 Å². The van der Waals surface area contributed by atoms with Crippen LogP contribution >= 0.6 is 11.6 Å². The van der Waals surface area contributed by atoms with Gasteiger partial charge in [0.15, 0.2) is 5.69 Å². The summed E-state index contributed by atoms with van der Waals surface area (Å²) < 4.78 is 7.04. The van der Waals surface area contributed by atoms with E-state index < -0.39 is 5.97 Å². The van der Waals surface area contributed by atoms with Crippen LogP contribution in [0.2, 0.25) is 5.02 Å². The van der Waals surface area contributed by atoms with Crippen molar-refractivity contribution in [2.75, 3.05) is 0 Å². The van der Waals surface area contributed by atoms with Crippen LogP contribution in [0.4, 0.5) is 0 Å². The van der Waals surface area contributed by atoms with Crippen LogP contribution < -0.4 is 0 Å². The van der Waals surface area contributed by atoms with Crippen molar-refractivity contribution in [1.82, 2.24) is 19.7 Å². The minimum absolute atomic E-state index is 0.0997. The molecule has 2 aromatic heterocycles. The summed E-state index contributed by atoms with van der Waals surface area (Å²) in [6.07, 6.45) is 4.56. The third-order valence-electron chi connectivity index (χ3n) is 2.78. The van der Waals surface area contributed by atoms with Crippen LogP contribution in [0.25, 0.3) is 0 Å². The van der Waals surface area contributed by atoms with Crippen molar-refractivity contribution in [3.63, 3.8) is 0 Å². The van der Waals surface area contributed by atoms with Crippen LogP contribution in [0.5, 0.6) is 0 Å². The number of ether oxygens (including phenoxy) is 1. The first-order valence-electron chi connectivity index (χ1n) is 6.68. The number of rotatable bonds is 5. The molecule has 21 heavy (non-hydrogen) atoms. The van der Waals surface area contributed by atoms with Crippen molar-refractivity contribution in [3.05, 3.63) is 41.2 Å². The average molecular weight is 309 g/mol. The second-order valence-electron chi connectivity index (χ2n) is 5.02. The molecular weight excluding hydrogens is 292 g/mol. The molecule has 0 fully saturated rings. The van der Waals surface area contributed by atoms with E-state index in [2.05, 4.69) is 15.1 Å². The Morgan fingerprint density at radius 1 is 1.43 bits per heavy atom. The van der Waals surface area contributed by atoms with E-state index in [1.165, 1.54) is 6.20 Å². The van der Waals surface area contributed by atoms with E-state index in [0.717, 1.165) is 0 Å². The zero-order valence-electron chi connectivity index (χ0n) is 12.2. The fraction of sp³-hybridized carbons (Fsp3) is 0.429. The zero-order valence-corrected chi connectivity index (χ0v) is 12.9. The summed E-state index contributed by atoms with van der Waals surface area (Å²) in [5.74, 6) is 0.116. The Bertz CT molecular complexity index is 613. The molecule has 0 bridgehead atoms. The number of carbonyl (C=O) groups excluding carboxylic acids is 1. The summed E-state index contributed by atoms with van der Waals surface area (Å²) in [6, 6.07) is 1.81. The summed E-state index contributed by atoms with van der Waals surface area (Å²) in [6.45, 7) is 6.15. The SMILES string of the molecule is CC(C)c1ncc(Cl)c(C(=O)O[C@@H](C)Cn2cccn2)n1. The zero-order chi connectivity index (χ0) is 15.4. The molecule has 0 aliphatic rings. The number of carbonyl (C=O) groups is 1. The predicted octanol–water partition coefficient (Wildman–Crippen LogP) is 2.70.